The van der Waals surface area contributed by atoms with E-state index < -0.39 is 0 Å². The molecule has 18 rings (SSSR count). The monoisotopic (exact) mass is 1070 g/mol. The Balaban J connectivity index is 1.03. The number of hydrogen-bond donors (Lipinski definition) is 1. The molecule has 0 unspecified atom stereocenters. The minimum Gasteiger partial charge on any atom is -0.354 e. The zero-order valence-corrected chi connectivity index (χ0v) is 46.4. The van der Waals surface area contributed by atoms with Crippen molar-refractivity contribution >= 4 is 141 Å². The van der Waals surface area contributed by atoms with Crippen LogP contribution in [0.3, 0.4) is 0 Å². The van der Waals surface area contributed by atoms with E-state index in [-0.39, 0.29) is 0 Å². The molecule has 0 bridgehead atoms. The second kappa shape index (κ2) is 18.7. The molecule has 0 atom stereocenters. The lowest BCUT2D eigenvalue weighted by Crippen LogP contribution is -2.02. The highest BCUT2D eigenvalue weighted by Crippen LogP contribution is 2.53. The molecule has 0 heterocycles. The zero-order chi connectivity index (χ0) is 55.7. The smallest absolute Gasteiger partial charge is 0.0477 e. The maximum atomic E-state index is 4.50. The fourth-order valence-corrected chi connectivity index (χ4v) is 14.4. The zero-order valence-electron chi connectivity index (χ0n) is 46.4. The van der Waals surface area contributed by atoms with Gasteiger partial charge in [-0.3, -0.25) is 0 Å². The van der Waals surface area contributed by atoms with E-state index in [1.807, 2.05) is 0 Å². The average Bonchev–Trinajstić information content (AvgIpc) is 3.22. The predicted molar refractivity (Wildman–Crippen MR) is 368 cm³/mol. The lowest BCUT2D eigenvalue weighted by Gasteiger charge is -2.26. The van der Waals surface area contributed by atoms with Crippen LogP contribution in [0.2, 0.25) is 0 Å². The number of benzene rings is 18. The van der Waals surface area contributed by atoms with Gasteiger partial charge in [0.25, 0.3) is 0 Å². The lowest BCUT2D eigenvalue weighted by molar-refractivity contribution is 1.56. The fraction of sp³-hybridized carbons (Fsp3) is 0. The molecule has 0 saturated carbocycles. The van der Waals surface area contributed by atoms with Crippen molar-refractivity contribution in [1.82, 2.24) is 0 Å². The Bertz CT molecular complexity index is 5520. The van der Waals surface area contributed by atoms with Gasteiger partial charge in [-0.1, -0.05) is 218 Å². The molecular weight excluding hydrogens is 1020 g/mol. The Hall–Kier alpha value is -11.1. The summed E-state index contributed by atoms with van der Waals surface area (Å²) in [4.78, 5) is 0. The van der Waals surface area contributed by atoms with Crippen molar-refractivity contribution in [2.24, 2.45) is 0 Å². The number of anilines is 2. The van der Waals surface area contributed by atoms with E-state index in [0.717, 1.165) is 33.3 Å². The van der Waals surface area contributed by atoms with E-state index in [1.54, 1.807) is 0 Å². The van der Waals surface area contributed by atoms with Crippen LogP contribution in [-0.4, -0.2) is 0 Å². The van der Waals surface area contributed by atoms with Crippen LogP contribution in [0.25, 0.3) is 174 Å². The van der Waals surface area contributed by atoms with Gasteiger partial charge in [0, 0.05) is 33.6 Å². The summed E-state index contributed by atoms with van der Waals surface area (Å²) in [5.41, 5.74) is 11.4. The molecular formula is C84H51N. The molecule has 1 nitrogen and oxygen atoms in total. The normalized spacial score (nSPS) is 12.0. The number of nitrogens with one attached hydrogen (secondary N) is 1. The number of fused-ring (bicyclic) bond motifs is 12. The summed E-state index contributed by atoms with van der Waals surface area (Å²) in [7, 11) is 0. The van der Waals surface area contributed by atoms with E-state index >= 15 is 0 Å². The first-order chi connectivity index (χ1) is 42.1. The largest absolute Gasteiger partial charge is 0.354 e. The van der Waals surface area contributed by atoms with Crippen molar-refractivity contribution in [2.45, 2.75) is 0 Å². The summed E-state index contributed by atoms with van der Waals surface area (Å²) in [5.74, 6) is 0. The highest BCUT2D eigenvalue weighted by atomic mass is 14.9. The first kappa shape index (κ1) is 47.5. The van der Waals surface area contributed by atoms with Crippen LogP contribution in [0.4, 0.5) is 11.4 Å². The molecule has 392 valence electrons. The van der Waals surface area contributed by atoms with Crippen LogP contribution in [0.15, 0.2) is 303 Å². The molecule has 0 aliphatic heterocycles. The third kappa shape index (κ3) is 7.64. The van der Waals surface area contributed by atoms with E-state index in [4.69, 9.17) is 0 Å². The van der Waals surface area contributed by atoms with Crippen LogP contribution >= 0.6 is 0 Å². The molecule has 0 radical (unpaired) electrons. The fourth-order valence-electron chi connectivity index (χ4n) is 14.4. The van der Waals surface area contributed by atoms with Crippen molar-refractivity contribution < 1.29 is 0 Å². The highest BCUT2D eigenvalue weighted by molar-refractivity contribution is 6.24. The predicted octanol–water partition coefficient (Wildman–Crippen LogP) is 23.9. The van der Waals surface area contributed by atoms with Gasteiger partial charge in [-0.2, -0.15) is 0 Å². The van der Waals surface area contributed by atoms with Gasteiger partial charge in [0.1, 0.15) is 0 Å². The van der Waals surface area contributed by atoms with Gasteiger partial charge in [0.15, 0.2) is 0 Å². The van der Waals surface area contributed by atoms with E-state index in [2.05, 4.69) is 309 Å². The van der Waals surface area contributed by atoms with Gasteiger partial charge in [0.2, 0.25) is 0 Å². The lowest BCUT2D eigenvalue weighted by atomic mass is 9.82. The topological polar surface area (TPSA) is 12.0 Å². The Morgan fingerprint density at radius 3 is 0.600 bits per heavy atom. The Kier molecular flexibility index (Phi) is 10.5. The van der Waals surface area contributed by atoms with Crippen molar-refractivity contribution in [3.8, 4) is 44.5 Å². The minimum absolute atomic E-state index is 1.03. The quantitative estimate of drug-likeness (QED) is 0.164. The van der Waals surface area contributed by atoms with Crippen LogP contribution in [0.5, 0.6) is 0 Å². The summed E-state index contributed by atoms with van der Waals surface area (Å²) >= 11 is 0. The molecule has 18 aromatic carbocycles. The number of rotatable bonds is 6. The van der Waals surface area contributed by atoms with Gasteiger partial charge in [-0.05, 0) is 236 Å². The first-order valence-corrected chi connectivity index (χ1v) is 29.5. The standard InChI is InChI=1S/C84H51N/c1-7-23-57-43-73-63(37-51(57)17-1)29-13-33-69(73)81-77-47-61-27-11-5-21-55(61)41-67(77)49-79(83(81)71-35-15-31-65-39-53-19-3-9-25-59(53)45-75(65)71)85-80-50-68-42-56-22-6-12-28-62(56)48-78(68)82(70-34-14-30-64-38-52-18-2-8-24-58(52)44-74(64)70)84(80)72-36-16-32-66-40-54-20-4-10-26-60(54)46-76(66)72/h1-50,85H. The molecule has 0 aromatic heterocycles. The summed E-state index contributed by atoms with van der Waals surface area (Å²) in [6, 6.07) is 114. The Morgan fingerprint density at radius 2 is 0.341 bits per heavy atom. The molecule has 0 amide bonds. The highest BCUT2D eigenvalue weighted by Gasteiger charge is 2.26. The SMILES string of the molecule is c1ccc2cc3c(-c4c(Nc5cc6cc7ccccc7cc6c(-c6cccc7cc8ccccc8cc67)c5-c5cccc6cc7ccccc7cc56)cc5cc6ccccc6cc5c4-c4cccc5cc6ccccc6cc45)cccc3cc2c1. The maximum Gasteiger partial charge on any atom is 0.0477 e. The molecule has 0 aliphatic rings. The van der Waals surface area contributed by atoms with E-state index in [1.165, 1.54) is 152 Å². The Morgan fingerprint density at radius 1 is 0.141 bits per heavy atom. The molecule has 0 aliphatic carbocycles. The first-order valence-electron chi connectivity index (χ1n) is 29.5. The van der Waals surface area contributed by atoms with Gasteiger partial charge in [-0.25, -0.2) is 0 Å². The van der Waals surface area contributed by atoms with Crippen LogP contribution in [0.1, 0.15) is 0 Å². The molecule has 1 N–H and O–H groups in total. The molecule has 0 saturated heterocycles. The minimum atomic E-state index is 1.03. The summed E-state index contributed by atoms with van der Waals surface area (Å²) in [6.07, 6.45) is 0. The van der Waals surface area contributed by atoms with Crippen molar-refractivity contribution in [3.63, 3.8) is 0 Å². The molecule has 18 aromatic rings. The molecule has 0 fully saturated rings. The van der Waals surface area contributed by atoms with Gasteiger partial charge in [-0.15, -0.1) is 0 Å². The number of hydrogen-bond acceptors (Lipinski definition) is 1. The van der Waals surface area contributed by atoms with Gasteiger partial charge < -0.3 is 5.32 Å². The second-order valence-electron chi connectivity index (χ2n) is 23.2. The third-order valence-electron chi connectivity index (χ3n) is 18.3. The van der Waals surface area contributed by atoms with Gasteiger partial charge in [0.05, 0.1) is 0 Å². The Labute approximate surface area is 490 Å². The third-order valence-corrected chi connectivity index (χ3v) is 18.3. The van der Waals surface area contributed by atoms with E-state index in [0.29, 0.717) is 0 Å². The second-order valence-corrected chi connectivity index (χ2v) is 23.2. The summed E-state index contributed by atoms with van der Waals surface area (Å²) in [5, 5.41) is 33.4. The van der Waals surface area contributed by atoms with Crippen molar-refractivity contribution in [2.75, 3.05) is 5.32 Å². The average molecular weight is 1070 g/mol. The van der Waals surface area contributed by atoms with Gasteiger partial charge >= 0.3 is 0 Å². The molecule has 1 heteroatoms. The van der Waals surface area contributed by atoms with Crippen molar-refractivity contribution in [1.29, 1.82) is 0 Å². The van der Waals surface area contributed by atoms with Crippen LogP contribution in [-0.2, 0) is 0 Å². The van der Waals surface area contributed by atoms with Crippen LogP contribution in [0, 0.1) is 0 Å². The summed E-state index contributed by atoms with van der Waals surface area (Å²) in [6.45, 7) is 0. The maximum absolute atomic E-state index is 4.50. The molecule has 0 spiro atoms. The van der Waals surface area contributed by atoms with E-state index in [9.17, 15) is 0 Å². The molecule has 85 heavy (non-hydrogen) atoms. The van der Waals surface area contributed by atoms with Crippen LogP contribution < -0.4 is 5.32 Å². The summed E-state index contributed by atoms with van der Waals surface area (Å²) < 4.78 is 0. The van der Waals surface area contributed by atoms with Crippen molar-refractivity contribution in [3.05, 3.63) is 303 Å².